The monoisotopic (exact) mass is 273 g/mol. The van der Waals surface area contributed by atoms with Crippen LogP contribution in [0, 0.1) is 0 Å². The van der Waals surface area contributed by atoms with Crippen molar-refractivity contribution < 1.29 is 9.53 Å². The zero-order valence-corrected chi connectivity index (χ0v) is 12.2. The van der Waals surface area contributed by atoms with E-state index in [1.54, 1.807) is 6.20 Å². The molecule has 0 radical (unpaired) electrons. The Morgan fingerprint density at radius 3 is 2.95 bits per heavy atom. The first kappa shape index (κ1) is 14.8. The van der Waals surface area contributed by atoms with Crippen molar-refractivity contribution in [3.8, 4) is 0 Å². The minimum absolute atomic E-state index is 0.182. The van der Waals surface area contributed by atoms with Gasteiger partial charge in [0.25, 0.3) is 0 Å². The van der Waals surface area contributed by atoms with E-state index >= 15 is 0 Å². The molecule has 0 aromatic carbocycles. The van der Waals surface area contributed by atoms with Crippen LogP contribution in [0.2, 0.25) is 0 Å². The highest BCUT2D eigenvalue weighted by Gasteiger charge is 2.09. The number of allylic oxidation sites excluding steroid dienone is 2. The van der Waals surface area contributed by atoms with E-state index in [-0.39, 0.29) is 5.97 Å². The third kappa shape index (κ3) is 4.48. The van der Waals surface area contributed by atoms with Crippen molar-refractivity contribution in [3.63, 3.8) is 0 Å². The van der Waals surface area contributed by atoms with Crippen LogP contribution in [0.1, 0.15) is 56.6 Å². The molecule has 108 valence electrons. The van der Waals surface area contributed by atoms with E-state index in [0.29, 0.717) is 13.0 Å². The summed E-state index contributed by atoms with van der Waals surface area (Å²) in [5.41, 5.74) is 3.47. The molecule has 0 amide bonds. The van der Waals surface area contributed by atoms with Crippen LogP contribution in [0.15, 0.2) is 24.5 Å². The first-order chi connectivity index (χ1) is 9.79. The lowest BCUT2D eigenvalue weighted by Crippen LogP contribution is -2.08. The van der Waals surface area contributed by atoms with Crippen molar-refractivity contribution in [1.29, 1.82) is 0 Å². The van der Waals surface area contributed by atoms with Crippen molar-refractivity contribution in [2.45, 2.75) is 51.9 Å². The molecular formula is C17H23NO2. The summed E-state index contributed by atoms with van der Waals surface area (Å²) < 4.78 is 4.99. The maximum Gasteiger partial charge on any atom is 0.310 e. The number of carbonyl (C=O) groups is 1. The SMILES string of the molecule is CCOC(=O)Cc1cncc(/C2=C/CCCCCC2)c1. The van der Waals surface area contributed by atoms with E-state index in [0.717, 1.165) is 24.0 Å². The summed E-state index contributed by atoms with van der Waals surface area (Å²) >= 11 is 0. The molecule has 0 fully saturated rings. The molecule has 1 heterocycles. The van der Waals surface area contributed by atoms with E-state index in [9.17, 15) is 4.79 Å². The lowest BCUT2D eigenvalue weighted by atomic mass is 9.95. The van der Waals surface area contributed by atoms with Gasteiger partial charge < -0.3 is 4.74 Å². The van der Waals surface area contributed by atoms with E-state index in [4.69, 9.17) is 4.74 Å². The van der Waals surface area contributed by atoms with Crippen LogP contribution < -0.4 is 0 Å². The van der Waals surface area contributed by atoms with Crippen LogP contribution in [0.25, 0.3) is 5.57 Å². The summed E-state index contributed by atoms with van der Waals surface area (Å²) in [4.78, 5) is 15.8. The minimum Gasteiger partial charge on any atom is -0.466 e. The number of hydrogen-bond donors (Lipinski definition) is 0. The molecule has 1 aliphatic carbocycles. The Kier molecular flexibility index (Phi) is 5.78. The van der Waals surface area contributed by atoms with Crippen LogP contribution >= 0.6 is 0 Å². The predicted octanol–water partition coefficient (Wildman–Crippen LogP) is 3.92. The predicted molar refractivity (Wildman–Crippen MR) is 80.3 cm³/mol. The third-order valence-corrected chi connectivity index (χ3v) is 3.61. The number of ether oxygens (including phenoxy) is 1. The molecule has 1 aromatic rings. The van der Waals surface area contributed by atoms with Crippen LogP contribution in [0.4, 0.5) is 0 Å². The maximum absolute atomic E-state index is 11.5. The van der Waals surface area contributed by atoms with Gasteiger partial charge in [0, 0.05) is 12.4 Å². The molecule has 0 bridgehead atoms. The van der Waals surface area contributed by atoms with Gasteiger partial charge in [-0.25, -0.2) is 0 Å². The van der Waals surface area contributed by atoms with Crippen molar-refractivity contribution >= 4 is 11.5 Å². The quantitative estimate of drug-likeness (QED) is 0.780. The highest BCUT2D eigenvalue weighted by molar-refractivity contribution is 5.73. The van der Waals surface area contributed by atoms with Gasteiger partial charge in [-0.05, 0) is 55.4 Å². The number of pyridine rings is 1. The number of carbonyl (C=O) groups excluding carboxylic acids is 1. The summed E-state index contributed by atoms with van der Waals surface area (Å²) in [6.45, 7) is 2.25. The number of rotatable bonds is 4. The van der Waals surface area contributed by atoms with Crippen LogP contribution in [0.5, 0.6) is 0 Å². The molecule has 3 nitrogen and oxygen atoms in total. The normalized spacial score (nSPS) is 18.6. The van der Waals surface area contributed by atoms with Crippen molar-refractivity contribution in [2.75, 3.05) is 6.61 Å². The molecule has 0 unspecified atom stereocenters. The van der Waals surface area contributed by atoms with Gasteiger partial charge in [0.2, 0.25) is 0 Å². The molecule has 1 aliphatic rings. The zero-order valence-electron chi connectivity index (χ0n) is 12.2. The first-order valence-electron chi connectivity index (χ1n) is 7.58. The van der Waals surface area contributed by atoms with Gasteiger partial charge in [-0.1, -0.05) is 18.9 Å². The summed E-state index contributed by atoms with van der Waals surface area (Å²) in [6.07, 6.45) is 13.7. The van der Waals surface area contributed by atoms with Crippen LogP contribution in [0.3, 0.4) is 0 Å². The number of nitrogens with zero attached hydrogens (tertiary/aromatic N) is 1. The highest BCUT2D eigenvalue weighted by atomic mass is 16.5. The fourth-order valence-corrected chi connectivity index (χ4v) is 2.59. The Morgan fingerprint density at radius 1 is 1.25 bits per heavy atom. The summed E-state index contributed by atoms with van der Waals surface area (Å²) in [5.74, 6) is -0.182. The van der Waals surface area contributed by atoms with E-state index in [1.165, 1.54) is 31.3 Å². The molecule has 0 saturated carbocycles. The number of hydrogen-bond acceptors (Lipinski definition) is 3. The molecular weight excluding hydrogens is 250 g/mol. The van der Waals surface area contributed by atoms with E-state index < -0.39 is 0 Å². The van der Waals surface area contributed by atoms with Gasteiger partial charge in [0.15, 0.2) is 0 Å². The molecule has 20 heavy (non-hydrogen) atoms. The first-order valence-corrected chi connectivity index (χ1v) is 7.58. The van der Waals surface area contributed by atoms with Gasteiger partial charge in [-0.15, -0.1) is 0 Å². The minimum atomic E-state index is -0.182. The standard InChI is InChI=1S/C17H23NO2/c1-2-20-17(19)11-14-10-16(13-18-12-14)15-8-6-4-3-5-7-9-15/h8,10,12-13H,2-7,9,11H2,1H3/b15-8+. The highest BCUT2D eigenvalue weighted by Crippen LogP contribution is 2.25. The Bertz CT molecular complexity index is 480. The smallest absolute Gasteiger partial charge is 0.310 e. The zero-order chi connectivity index (χ0) is 14.2. The van der Waals surface area contributed by atoms with Crippen LogP contribution in [-0.2, 0) is 16.0 Å². The summed E-state index contributed by atoms with van der Waals surface area (Å²) in [7, 11) is 0. The summed E-state index contributed by atoms with van der Waals surface area (Å²) in [5, 5.41) is 0. The number of esters is 1. The Morgan fingerprint density at radius 2 is 2.10 bits per heavy atom. The third-order valence-electron chi connectivity index (χ3n) is 3.61. The fraction of sp³-hybridized carbons (Fsp3) is 0.529. The van der Waals surface area contributed by atoms with E-state index in [2.05, 4.69) is 17.1 Å². The second-order valence-electron chi connectivity index (χ2n) is 5.25. The molecule has 1 aromatic heterocycles. The topological polar surface area (TPSA) is 39.2 Å². The molecule has 2 rings (SSSR count). The molecule has 0 spiro atoms. The Balaban J connectivity index is 2.09. The lowest BCUT2D eigenvalue weighted by molar-refractivity contribution is -0.142. The van der Waals surface area contributed by atoms with Gasteiger partial charge in [-0.2, -0.15) is 0 Å². The van der Waals surface area contributed by atoms with Gasteiger partial charge >= 0.3 is 5.97 Å². The lowest BCUT2D eigenvalue weighted by Gasteiger charge is -2.12. The molecule has 0 saturated heterocycles. The van der Waals surface area contributed by atoms with Gasteiger partial charge in [-0.3, -0.25) is 9.78 Å². The van der Waals surface area contributed by atoms with Crippen molar-refractivity contribution in [2.24, 2.45) is 0 Å². The van der Waals surface area contributed by atoms with E-state index in [1.807, 2.05) is 13.1 Å². The fourth-order valence-electron chi connectivity index (χ4n) is 2.59. The Labute approximate surface area is 121 Å². The van der Waals surface area contributed by atoms with Crippen molar-refractivity contribution in [1.82, 2.24) is 4.98 Å². The van der Waals surface area contributed by atoms with Crippen molar-refractivity contribution in [3.05, 3.63) is 35.7 Å². The maximum atomic E-state index is 11.5. The van der Waals surface area contributed by atoms with Crippen LogP contribution in [-0.4, -0.2) is 17.6 Å². The second kappa shape index (κ2) is 7.83. The summed E-state index contributed by atoms with van der Waals surface area (Å²) in [6, 6.07) is 2.08. The Hall–Kier alpha value is -1.64. The van der Waals surface area contributed by atoms with Gasteiger partial charge in [0.1, 0.15) is 0 Å². The van der Waals surface area contributed by atoms with Gasteiger partial charge in [0.05, 0.1) is 13.0 Å². The largest absolute Gasteiger partial charge is 0.466 e. The molecule has 3 heteroatoms. The number of aromatic nitrogens is 1. The molecule has 0 atom stereocenters. The average molecular weight is 273 g/mol. The second-order valence-corrected chi connectivity index (χ2v) is 5.25. The average Bonchev–Trinajstić information content (AvgIpc) is 2.38. The molecule has 0 aliphatic heterocycles. The molecule has 0 N–H and O–H groups in total.